The number of hydrogen-bond acceptors (Lipinski definition) is 1. The summed E-state index contributed by atoms with van der Waals surface area (Å²) >= 11 is 7.26. The first-order valence-electron chi connectivity index (χ1n) is 17.6. The van der Waals surface area contributed by atoms with Crippen LogP contribution in [0.3, 0.4) is 0 Å². The van der Waals surface area contributed by atoms with Crippen molar-refractivity contribution in [2.45, 2.75) is 38.5 Å². The molecule has 242 valence electrons. The molecule has 0 spiro atoms. The van der Waals surface area contributed by atoms with Crippen LogP contribution < -0.4 is 0 Å². The van der Waals surface area contributed by atoms with Gasteiger partial charge >= 0.3 is 11.5 Å². The highest BCUT2D eigenvalue weighted by Crippen LogP contribution is 2.48. The van der Waals surface area contributed by atoms with E-state index in [2.05, 4.69) is 133 Å². The van der Waals surface area contributed by atoms with Crippen molar-refractivity contribution >= 4 is 28.5 Å². The molecule has 0 amide bonds. The number of allylic oxidation sites excluding steroid dienone is 10. The lowest BCUT2D eigenvalue weighted by Crippen LogP contribution is -2.03. The second-order valence-electron chi connectivity index (χ2n) is 13.3. The van der Waals surface area contributed by atoms with Crippen LogP contribution in [0.2, 0.25) is 0 Å². The third-order valence-electron chi connectivity index (χ3n) is 10.3. The molecule has 2 nitrogen and oxygen atoms in total. The summed E-state index contributed by atoms with van der Waals surface area (Å²) in [7, 11) is 0. The minimum atomic E-state index is 0.858. The van der Waals surface area contributed by atoms with Crippen LogP contribution in [-0.2, 0) is 11.2 Å². The second-order valence-corrected chi connectivity index (χ2v) is 13.7. The van der Waals surface area contributed by atoms with Crippen molar-refractivity contribution in [3.8, 4) is 22.5 Å². The first-order valence-corrected chi connectivity index (χ1v) is 18.0. The van der Waals surface area contributed by atoms with Crippen LogP contribution in [0.5, 0.6) is 0 Å². The molecule has 0 atom stereocenters. The summed E-state index contributed by atoms with van der Waals surface area (Å²) in [6.07, 6.45) is 12.4. The molecule has 4 aromatic carbocycles. The molecule has 1 aliphatic heterocycles. The molecule has 0 saturated carbocycles. The highest BCUT2D eigenvalue weighted by atomic mass is 35.5. The maximum absolute atomic E-state index is 7.26. The van der Waals surface area contributed by atoms with E-state index in [1.807, 2.05) is 12.1 Å². The standard InChI is InChI=1S/C47H36ClO2/c48-45-35(27-37-23-25-39-41(31-13-5-1-6-14-31)29-43(49-46(37)39)33-17-9-3-10-18-33)21-22-36(45)28-38-24-26-40-42(32-15-7-2-8-16-32)30-44(50-47(38)40)34-19-11-4-12-20-34/h1-20,27-30H,21-26H2/q+1. The Bertz CT molecular complexity index is 2300. The van der Waals surface area contributed by atoms with Crippen molar-refractivity contribution < 1.29 is 9.15 Å². The lowest BCUT2D eigenvalue weighted by molar-refractivity contribution is 0.390. The van der Waals surface area contributed by atoms with Crippen LogP contribution in [0.25, 0.3) is 39.4 Å². The van der Waals surface area contributed by atoms with E-state index in [9.17, 15) is 0 Å². The molecule has 0 bridgehead atoms. The van der Waals surface area contributed by atoms with Gasteiger partial charge < -0.3 is 4.74 Å². The lowest BCUT2D eigenvalue weighted by atomic mass is 9.95. The molecule has 2 heterocycles. The summed E-state index contributed by atoms with van der Waals surface area (Å²) in [6, 6.07) is 44.3. The Balaban J connectivity index is 1.09. The Morgan fingerprint density at radius 3 is 1.84 bits per heavy atom. The first-order chi connectivity index (χ1) is 24.7. The van der Waals surface area contributed by atoms with Crippen LogP contribution in [-0.4, -0.2) is 0 Å². The molecule has 0 unspecified atom stereocenters. The molecule has 5 aromatic rings. The number of rotatable bonds is 6. The summed E-state index contributed by atoms with van der Waals surface area (Å²) < 4.78 is 13.5. The van der Waals surface area contributed by atoms with E-state index in [0.717, 1.165) is 77.7 Å². The maximum Gasteiger partial charge on any atom is 0.361 e. The van der Waals surface area contributed by atoms with Gasteiger partial charge in [0.05, 0.1) is 22.8 Å². The zero-order valence-electron chi connectivity index (χ0n) is 27.8. The highest BCUT2D eigenvalue weighted by molar-refractivity contribution is 6.33. The van der Waals surface area contributed by atoms with E-state index >= 15 is 0 Å². The Hall–Kier alpha value is -5.44. The Morgan fingerprint density at radius 2 is 1.14 bits per heavy atom. The summed E-state index contributed by atoms with van der Waals surface area (Å²) in [5.41, 5.74) is 14.4. The van der Waals surface area contributed by atoms with E-state index in [4.69, 9.17) is 20.8 Å². The fraction of sp³-hybridized carbons (Fsp3) is 0.128. The highest BCUT2D eigenvalue weighted by Gasteiger charge is 2.35. The Kier molecular flexibility index (Phi) is 8.03. The zero-order valence-corrected chi connectivity index (χ0v) is 28.5. The van der Waals surface area contributed by atoms with Crippen molar-refractivity contribution in [2.24, 2.45) is 0 Å². The van der Waals surface area contributed by atoms with Crippen molar-refractivity contribution in [1.29, 1.82) is 0 Å². The average molecular weight is 668 g/mol. The van der Waals surface area contributed by atoms with Crippen molar-refractivity contribution in [2.75, 3.05) is 0 Å². The van der Waals surface area contributed by atoms with Gasteiger partial charge in [-0.2, -0.15) is 0 Å². The minimum Gasteiger partial charge on any atom is -0.456 e. The maximum atomic E-state index is 7.26. The zero-order chi connectivity index (χ0) is 33.4. The van der Waals surface area contributed by atoms with Crippen molar-refractivity contribution in [3.05, 3.63) is 201 Å². The van der Waals surface area contributed by atoms with Gasteiger partial charge in [0.25, 0.3) is 0 Å². The van der Waals surface area contributed by atoms with Crippen LogP contribution in [0, 0.1) is 0 Å². The molecule has 9 rings (SSSR count). The molecule has 0 radical (unpaired) electrons. The predicted octanol–water partition coefficient (Wildman–Crippen LogP) is 13.0. The van der Waals surface area contributed by atoms with Gasteiger partial charge in [0.2, 0.25) is 0 Å². The molecule has 50 heavy (non-hydrogen) atoms. The third-order valence-corrected chi connectivity index (χ3v) is 10.7. The second kappa shape index (κ2) is 13.1. The molecular formula is C47H36ClO2+. The Labute approximate surface area is 298 Å². The topological polar surface area (TPSA) is 20.5 Å². The van der Waals surface area contributed by atoms with Gasteiger partial charge in [-0.25, -0.2) is 4.42 Å². The number of ether oxygens (including phenoxy) is 1. The van der Waals surface area contributed by atoms with Crippen LogP contribution in [0.15, 0.2) is 183 Å². The smallest absolute Gasteiger partial charge is 0.361 e. The average Bonchev–Trinajstić information content (AvgIpc) is 3.89. The number of fused-ring (bicyclic) bond motifs is 2. The molecule has 3 heteroatoms. The summed E-state index contributed by atoms with van der Waals surface area (Å²) in [4.78, 5) is 0. The van der Waals surface area contributed by atoms with Gasteiger partial charge in [-0.3, -0.25) is 0 Å². The number of halogens is 1. The fourth-order valence-corrected chi connectivity index (χ4v) is 8.04. The monoisotopic (exact) mass is 667 g/mol. The van der Waals surface area contributed by atoms with Gasteiger partial charge in [0.15, 0.2) is 0 Å². The normalized spacial score (nSPS) is 18.5. The SMILES string of the molecule is ClC1=C(/C=C2\CCc3c(-c4ccccc4)cc(-c4ccccc4)[o+]c32)CC/C1=C/C1=C2OC(c3ccccc3)=CC(c3ccccc3)=C2CC1. The molecular weight excluding hydrogens is 632 g/mol. The molecule has 0 saturated heterocycles. The number of benzene rings is 4. The summed E-state index contributed by atoms with van der Waals surface area (Å²) in [6.45, 7) is 0. The summed E-state index contributed by atoms with van der Waals surface area (Å²) in [5, 5.41) is 0.858. The molecule has 4 aliphatic rings. The molecule has 0 fully saturated rings. The predicted molar refractivity (Wildman–Crippen MR) is 206 cm³/mol. The lowest BCUT2D eigenvalue weighted by Gasteiger charge is -2.22. The van der Waals surface area contributed by atoms with Crippen LogP contribution in [0.4, 0.5) is 0 Å². The third kappa shape index (κ3) is 5.70. The van der Waals surface area contributed by atoms with Gasteiger partial charge in [-0.15, -0.1) is 0 Å². The van der Waals surface area contributed by atoms with Crippen molar-refractivity contribution in [3.63, 3.8) is 0 Å². The van der Waals surface area contributed by atoms with Gasteiger partial charge in [-0.1, -0.05) is 127 Å². The minimum absolute atomic E-state index is 0.858. The van der Waals surface area contributed by atoms with Crippen molar-refractivity contribution in [1.82, 2.24) is 0 Å². The fourth-order valence-electron chi connectivity index (χ4n) is 7.75. The largest absolute Gasteiger partial charge is 0.456 e. The summed E-state index contributed by atoms with van der Waals surface area (Å²) in [5.74, 6) is 3.74. The van der Waals surface area contributed by atoms with Gasteiger partial charge in [0, 0.05) is 21.7 Å². The van der Waals surface area contributed by atoms with E-state index < -0.39 is 0 Å². The van der Waals surface area contributed by atoms with E-state index in [0.29, 0.717) is 0 Å². The van der Waals surface area contributed by atoms with Gasteiger partial charge in [-0.05, 0) is 96.2 Å². The van der Waals surface area contributed by atoms with Crippen LogP contribution in [0.1, 0.15) is 54.6 Å². The molecule has 1 aromatic heterocycles. The van der Waals surface area contributed by atoms with E-state index in [1.165, 1.54) is 55.7 Å². The van der Waals surface area contributed by atoms with E-state index in [-0.39, 0.29) is 0 Å². The quantitative estimate of drug-likeness (QED) is 0.168. The van der Waals surface area contributed by atoms with Gasteiger partial charge in [0.1, 0.15) is 11.5 Å². The first kappa shape index (κ1) is 30.6. The van der Waals surface area contributed by atoms with E-state index in [1.54, 1.807) is 0 Å². The molecule has 0 N–H and O–H groups in total. The van der Waals surface area contributed by atoms with Crippen LogP contribution >= 0.6 is 11.6 Å². The molecule has 3 aliphatic carbocycles. The number of hydrogen-bond donors (Lipinski definition) is 0. The Morgan fingerprint density at radius 1 is 0.560 bits per heavy atom.